The zero-order valence-electron chi connectivity index (χ0n) is 12.3. The fourth-order valence-electron chi connectivity index (χ4n) is 2.38. The van der Waals surface area contributed by atoms with Gasteiger partial charge in [-0.05, 0) is 43.5 Å². The third kappa shape index (κ3) is 4.22. The summed E-state index contributed by atoms with van der Waals surface area (Å²) < 4.78 is 1.96. The third-order valence-corrected chi connectivity index (χ3v) is 4.21. The summed E-state index contributed by atoms with van der Waals surface area (Å²) in [5, 5.41) is 15.9. The maximum atomic E-state index is 10.3. The highest BCUT2D eigenvalue weighted by molar-refractivity contribution is 6.42. The quantitative estimate of drug-likeness (QED) is 0.873. The second kappa shape index (κ2) is 7.30. The normalized spacial score (nSPS) is 12.6. The van der Waals surface area contributed by atoms with E-state index in [0.717, 1.165) is 29.9 Å². The minimum absolute atomic E-state index is 0.464. The highest BCUT2D eigenvalue weighted by atomic mass is 35.5. The van der Waals surface area contributed by atoms with Gasteiger partial charge in [-0.1, -0.05) is 36.2 Å². The number of benzene rings is 1. The van der Waals surface area contributed by atoms with E-state index < -0.39 is 6.10 Å². The Kier molecular flexibility index (Phi) is 5.68. The minimum Gasteiger partial charge on any atom is -0.392 e. The van der Waals surface area contributed by atoms with Crippen molar-refractivity contribution in [3.8, 4) is 0 Å². The molecule has 1 atom stereocenters. The fraction of sp³-hybridized carbons (Fsp3) is 0.438. The predicted molar refractivity (Wildman–Crippen MR) is 87.2 cm³/mol. The lowest BCUT2D eigenvalue weighted by atomic mass is 10.0. The van der Waals surface area contributed by atoms with Crippen LogP contribution in [-0.4, -0.2) is 21.0 Å². The van der Waals surface area contributed by atoms with Crippen LogP contribution in [0.1, 0.15) is 30.8 Å². The number of nitrogens with zero attached hydrogens (tertiary/aromatic N) is 2. The highest BCUT2D eigenvalue weighted by Crippen LogP contribution is 2.23. The van der Waals surface area contributed by atoms with Crippen LogP contribution in [0.25, 0.3) is 0 Å². The lowest BCUT2D eigenvalue weighted by molar-refractivity contribution is 0.172. The van der Waals surface area contributed by atoms with E-state index in [2.05, 4.69) is 25.0 Å². The Labute approximate surface area is 135 Å². The van der Waals surface area contributed by atoms with Crippen molar-refractivity contribution in [2.45, 2.75) is 45.8 Å². The summed E-state index contributed by atoms with van der Waals surface area (Å²) >= 11 is 11.9. The van der Waals surface area contributed by atoms with Crippen LogP contribution in [-0.2, 0) is 25.8 Å². The van der Waals surface area contributed by atoms with E-state index in [4.69, 9.17) is 23.2 Å². The molecule has 0 saturated heterocycles. The van der Waals surface area contributed by atoms with Crippen LogP contribution in [0.4, 0.5) is 0 Å². The summed E-state index contributed by atoms with van der Waals surface area (Å²) in [6.45, 7) is 4.95. The van der Waals surface area contributed by atoms with E-state index in [9.17, 15) is 5.11 Å². The summed E-state index contributed by atoms with van der Waals surface area (Å²) in [4.78, 5) is 0. The van der Waals surface area contributed by atoms with Crippen LogP contribution < -0.4 is 0 Å². The van der Waals surface area contributed by atoms with Crippen LogP contribution in [0.3, 0.4) is 0 Å². The first-order chi connectivity index (χ1) is 10.0. The molecule has 1 aromatic carbocycles. The first kappa shape index (κ1) is 16.3. The van der Waals surface area contributed by atoms with Gasteiger partial charge in [-0.15, -0.1) is 0 Å². The van der Waals surface area contributed by atoms with Gasteiger partial charge < -0.3 is 5.11 Å². The Morgan fingerprint density at radius 3 is 2.52 bits per heavy atom. The molecule has 0 spiro atoms. The molecule has 114 valence electrons. The smallest absolute Gasteiger partial charge is 0.0635 e. The summed E-state index contributed by atoms with van der Waals surface area (Å²) in [7, 11) is 0. The van der Waals surface area contributed by atoms with E-state index in [1.807, 2.05) is 16.8 Å². The SMILES string of the molecule is CCc1cc(CC(O)Cc2ccc(Cl)c(Cl)c2)n(CC)n1. The van der Waals surface area contributed by atoms with Gasteiger partial charge in [0.05, 0.1) is 21.8 Å². The van der Waals surface area contributed by atoms with Crippen LogP contribution in [0.2, 0.25) is 10.0 Å². The number of aliphatic hydroxyl groups is 1. The number of aromatic nitrogens is 2. The molecular weight excluding hydrogens is 307 g/mol. The summed E-state index contributed by atoms with van der Waals surface area (Å²) in [5.41, 5.74) is 3.12. The predicted octanol–water partition coefficient (Wildman–Crippen LogP) is 3.92. The lowest BCUT2D eigenvalue weighted by Gasteiger charge is -2.12. The summed E-state index contributed by atoms with van der Waals surface area (Å²) in [5.74, 6) is 0. The maximum absolute atomic E-state index is 10.3. The van der Waals surface area contributed by atoms with Crippen molar-refractivity contribution in [2.75, 3.05) is 0 Å². The van der Waals surface area contributed by atoms with Gasteiger partial charge in [-0.2, -0.15) is 5.10 Å². The van der Waals surface area contributed by atoms with Crippen molar-refractivity contribution < 1.29 is 5.11 Å². The summed E-state index contributed by atoms with van der Waals surface area (Å²) in [6, 6.07) is 7.53. The number of halogens is 2. The number of aliphatic hydroxyl groups excluding tert-OH is 1. The van der Waals surface area contributed by atoms with Crippen molar-refractivity contribution in [2.24, 2.45) is 0 Å². The first-order valence-corrected chi connectivity index (χ1v) is 7.96. The molecule has 5 heteroatoms. The second-order valence-corrected chi connectivity index (χ2v) is 5.92. The van der Waals surface area contributed by atoms with Crippen LogP contribution in [0.15, 0.2) is 24.3 Å². The molecule has 0 aliphatic heterocycles. The molecule has 3 nitrogen and oxygen atoms in total. The first-order valence-electron chi connectivity index (χ1n) is 7.21. The molecule has 2 rings (SSSR count). The van der Waals surface area contributed by atoms with E-state index in [-0.39, 0.29) is 0 Å². The van der Waals surface area contributed by atoms with Gasteiger partial charge in [0, 0.05) is 18.7 Å². The van der Waals surface area contributed by atoms with Crippen molar-refractivity contribution in [1.29, 1.82) is 0 Å². The van der Waals surface area contributed by atoms with E-state index in [0.29, 0.717) is 22.9 Å². The van der Waals surface area contributed by atoms with E-state index in [1.165, 1.54) is 0 Å². The Bertz CT molecular complexity index is 610. The van der Waals surface area contributed by atoms with E-state index >= 15 is 0 Å². The van der Waals surface area contributed by atoms with Crippen LogP contribution >= 0.6 is 23.2 Å². The molecule has 0 aliphatic carbocycles. The largest absolute Gasteiger partial charge is 0.392 e. The Morgan fingerprint density at radius 1 is 1.14 bits per heavy atom. The van der Waals surface area contributed by atoms with Gasteiger partial charge >= 0.3 is 0 Å². The zero-order valence-corrected chi connectivity index (χ0v) is 13.8. The van der Waals surface area contributed by atoms with Gasteiger partial charge in [0.2, 0.25) is 0 Å². The number of rotatable bonds is 6. The van der Waals surface area contributed by atoms with E-state index in [1.54, 1.807) is 6.07 Å². The van der Waals surface area contributed by atoms with Crippen molar-refractivity contribution in [3.05, 3.63) is 51.3 Å². The van der Waals surface area contributed by atoms with Gasteiger partial charge in [0.15, 0.2) is 0 Å². The molecule has 0 fully saturated rings. The zero-order chi connectivity index (χ0) is 15.4. The van der Waals surface area contributed by atoms with Crippen molar-refractivity contribution in [3.63, 3.8) is 0 Å². The molecule has 0 radical (unpaired) electrons. The molecule has 0 aliphatic rings. The lowest BCUT2D eigenvalue weighted by Crippen LogP contribution is -2.17. The number of hydrogen-bond acceptors (Lipinski definition) is 2. The van der Waals surface area contributed by atoms with Crippen LogP contribution in [0.5, 0.6) is 0 Å². The fourth-order valence-corrected chi connectivity index (χ4v) is 2.70. The Hall–Kier alpha value is -1.03. The monoisotopic (exact) mass is 326 g/mol. The topological polar surface area (TPSA) is 38.0 Å². The highest BCUT2D eigenvalue weighted by Gasteiger charge is 2.13. The maximum Gasteiger partial charge on any atom is 0.0635 e. The molecule has 2 aromatic rings. The Balaban J connectivity index is 2.05. The minimum atomic E-state index is -0.464. The van der Waals surface area contributed by atoms with Crippen molar-refractivity contribution in [1.82, 2.24) is 9.78 Å². The average molecular weight is 327 g/mol. The van der Waals surface area contributed by atoms with Gasteiger partial charge in [0.25, 0.3) is 0 Å². The molecule has 1 aromatic heterocycles. The molecule has 0 saturated carbocycles. The molecular formula is C16H20Cl2N2O. The summed E-state index contributed by atoms with van der Waals surface area (Å²) in [6.07, 6.45) is 1.57. The van der Waals surface area contributed by atoms with Gasteiger partial charge in [-0.3, -0.25) is 4.68 Å². The van der Waals surface area contributed by atoms with Crippen molar-refractivity contribution >= 4 is 23.2 Å². The average Bonchev–Trinajstić information content (AvgIpc) is 2.85. The number of hydrogen-bond donors (Lipinski definition) is 1. The second-order valence-electron chi connectivity index (χ2n) is 5.11. The van der Waals surface area contributed by atoms with Crippen LogP contribution in [0, 0.1) is 0 Å². The molecule has 21 heavy (non-hydrogen) atoms. The molecule has 1 unspecified atom stereocenters. The molecule has 0 amide bonds. The standard InChI is InChI=1S/C16H20Cl2N2O/c1-3-12-9-13(20(4-2)19-12)10-14(21)7-11-5-6-15(17)16(18)8-11/h5-6,8-9,14,21H,3-4,7,10H2,1-2H3. The molecule has 1 heterocycles. The molecule has 1 N–H and O–H groups in total. The third-order valence-electron chi connectivity index (χ3n) is 3.48. The Morgan fingerprint density at radius 2 is 1.90 bits per heavy atom. The van der Waals surface area contributed by atoms with Gasteiger partial charge in [0.1, 0.15) is 0 Å². The van der Waals surface area contributed by atoms with Gasteiger partial charge in [-0.25, -0.2) is 0 Å². The molecule has 0 bridgehead atoms. The number of aryl methyl sites for hydroxylation is 2.